The summed E-state index contributed by atoms with van der Waals surface area (Å²) in [7, 11) is 1.61. The maximum atomic E-state index is 12.3. The summed E-state index contributed by atoms with van der Waals surface area (Å²) in [5.41, 5.74) is 1.57. The Balaban J connectivity index is 1.51. The van der Waals surface area contributed by atoms with Gasteiger partial charge in [-0.3, -0.25) is 9.36 Å². The molecule has 140 valence electrons. The van der Waals surface area contributed by atoms with E-state index in [2.05, 4.69) is 10.3 Å². The number of ether oxygens (including phenoxy) is 2. The van der Waals surface area contributed by atoms with Crippen molar-refractivity contribution in [1.29, 1.82) is 0 Å². The van der Waals surface area contributed by atoms with E-state index >= 15 is 0 Å². The highest BCUT2D eigenvalue weighted by Crippen LogP contribution is 2.19. The minimum Gasteiger partial charge on any atom is -0.497 e. The van der Waals surface area contributed by atoms with Crippen molar-refractivity contribution < 1.29 is 14.3 Å². The number of amides is 1. The summed E-state index contributed by atoms with van der Waals surface area (Å²) in [4.78, 5) is 16.5. The molecule has 0 radical (unpaired) electrons. The number of rotatable bonds is 8. The minimum atomic E-state index is -0.133. The Morgan fingerprint density at radius 2 is 1.96 bits per heavy atom. The fourth-order valence-electron chi connectivity index (χ4n) is 2.54. The second kappa shape index (κ2) is 9.14. The molecule has 2 aromatic carbocycles. The first kappa shape index (κ1) is 18.8. The van der Waals surface area contributed by atoms with E-state index in [1.54, 1.807) is 43.3 Å². The van der Waals surface area contributed by atoms with Crippen LogP contribution < -0.4 is 14.8 Å². The topological polar surface area (TPSA) is 65.4 Å². The molecule has 3 rings (SSSR count). The lowest BCUT2D eigenvalue weighted by Crippen LogP contribution is -2.28. The van der Waals surface area contributed by atoms with E-state index in [4.69, 9.17) is 9.47 Å². The van der Waals surface area contributed by atoms with Crippen molar-refractivity contribution in [2.75, 3.05) is 26.5 Å². The third kappa shape index (κ3) is 4.83. The van der Waals surface area contributed by atoms with Crippen molar-refractivity contribution in [2.24, 2.45) is 0 Å². The molecule has 7 heteroatoms. The lowest BCUT2D eigenvalue weighted by Gasteiger charge is -2.10. The van der Waals surface area contributed by atoms with Crippen molar-refractivity contribution >= 4 is 17.7 Å². The second-order valence-electron chi connectivity index (χ2n) is 5.61. The van der Waals surface area contributed by atoms with Gasteiger partial charge in [-0.25, -0.2) is 4.98 Å². The van der Waals surface area contributed by atoms with Crippen molar-refractivity contribution in [3.05, 3.63) is 66.5 Å². The van der Waals surface area contributed by atoms with Gasteiger partial charge < -0.3 is 14.8 Å². The van der Waals surface area contributed by atoms with E-state index in [1.165, 1.54) is 0 Å². The van der Waals surface area contributed by atoms with E-state index in [9.17, 15) is 4.79 Å². The average Bonchev–Trinajstić information content (AvgIpc) is 3.20. The number of benzene rings is 2. The molecule has 0 spiro atoms. The van der Waals surface area contributed by atoms with Crippen LogP contribution in [0.4, 0.5) is 0 Å². The Bertz CT molecular complexity index is 893. The largest absolute Gasteiger partial charge is 0.497 e. The molecule has 0 saturated carbocycles. The normalized spacial score (nSPS) is 10.4. The molecule has 0 saturated heterocycles. The molecule has 0 unspecified atom stereocenters. The molecule has 27 heavy (non-hydrogen) atoms. The maximum absolute atomic E-state index is 12.3. The Labute approximate surface area is 162 Å². The summed E-state index contributed by atoms with van der Waals surface area (Å²) in [6, 6.07) is 14.8. The Kier molecular flexibility index (Phi) is 6.38. The highest BCUT2D eigenvalue weighted by Gasteiger charge is 2.07. The number of hydrogen-bond donors (Lipinski definition) is 1. The number of imidazole rings is 1. The summed E-state index contributed by atoms with van der Waals surface area (Å²) in [5.74, 6) is 1.31. The molecule has 1 heterocycles. The van der Waals surface area contributed by atoms with Crippen molar-refractivity contribution in [1.82, 2.24) is 14.9 Å². The number of carbonyl (C=O) groups excluding carboxylic acids is 1. The number of carbonyl (C=O) groups is 1. The van der Waals surface area contributed by atoms with Crippen LogP contribution >= 0.6 is 11.8 Å². The van der Waals surface area contributed by atoms with Gasteiger partial charge in [0.2, 0.25) is 0 Å². The zero-order chi connectivity index (χ0) is 19.1. The number of methoxy groups -OCH3 is 1. The van der Waals surface area contributed by atoms with Crippen LogP contribution in [0.1, 0.15) is 10.4 Å². The molecule has 0 aliphatic carbocycles. The molecule has 3 aromatic rings. The fraction of sp³-hybridized carbons (Fsp3) is 0.200. The van der Waals surface area contributed by atoms with Crippen molar-refractivity contribution in [3.63, 3.8) is 0 Å². The summed E-state index contributed by atoms with van der Waals surface area (Å²) >= 11 is 1.57. The molecular formula is C20H21N3O3S. The number of hydrogen-bond acceptors (Lipinski definition) is 5. The predicted molar refractivity (Wildman–Crippen MR) is 106 cm³/mol. The lowest BCUT2D eigenvalue weighted by atomic mass is 10.2. The van der Waals surface area contributed by atoms with E-state index in [1.807, 2.05) is 47.4 Å². The molecule has 6 nitrogen and oxygen atoms in total. The average molecular weight is 383 g/mol. The Morgan fingerprint density at radius 1 is 1.19 bits per heavy atom. The number of nitrogens with zero attached hydrogens (tertiary/aromatic N) is 2. The van der Waals surface area contributed by atoms with Gasteiger partial charge >= 0.3 is 0 Å². The van der Waals surface area contributed by atoms with Gasteiger partial charge in [0.15, 0.2) is 5.16 Å². The standard InChI is InChI=1S/C20H21N3O3S/c1-25-17-4-3-5-18(14-17)26-13-11-21-19(24)15-6-8-16(9-7-15)23-12-10-22-20(23)27-2/h3-10,12,14H,11,13H2,1-2H3,(H,21,24). The van der Waals surface area contributed by atoms with Gasteiger partial charge in [0, 0.05) is 29.7 Å². The van der Waals surface area contributed by atoms with Gasteiger partial charge in [-0.1, -0.05) is 17.8 Å². The van der Waals surface area contributed by atoms with Crippen LogP contribution in [-0.2, 0) is 0 Å². The zero-order valence-corrected chi connectivity index (χ0v) is 16.0. The van der Waals surface area contributed by atoms with E-state index in [0.29, 0.717) is 24.5 Å². The summed E-state index contributed by atoms with van der Waals surface area (Å²) < 4.78 is 12.8. The molecule has 0 bridgehead atoms. The maximum Gasteiger partial charge on any atom is 0.251 e. The molecule has 0 aliphatic heterocycles. The van der Waals surface area contributed by atoms with E-state index < -0.39 is 0 Å². The minimum absolute atomic E-state index is 0.133. The van der Waals surface area contributed by atoms with Gasteiger partial charge in [-0.2, -0.15) is 0 Å². The molecule has 1 aromatic heterocycles. The van der Waals surface area contributed by atoms with Crippen molar-refractivity contribution in [2.45, 2.75) is 5.16 Å². The Hall–Kier alpha value is -2.93. The van der Waals surface area contributed by atoms with Crippen LogP contribution in [0.15, 0.2) is 66.1 Å². The summed E-state index contributed by atoms with van der Waals surface area (Å²) in [6.45, 7) is 0.791. The molecule has 1 amide bonds. The quantitative estimate of drug-likeness (QED) is 0.477. The molecule has 0 atom stereocenters. The monoisotopic (exact) mass is 383 g/mol. The third-order valence-electron chi connectivity index (χ3n) is 3.89. The van der Waals surface area contributed by atoms with Crippen LogP contribution in [-0.4, -0.2) is 42.0 Å². The highest BCUT2D eigenvalue weighted by molar-refractivity contribution is 7.98. The van der Waals surface area contributed by atoms with Gasteiger partial charge in [0.05, 0.1) is 13.7 Å². The predicted octanol–water partition coefficient (Wildman–Crippen LogP) is 3.41. The van der Waals surface area contributed by atoms with Gasteiger partial charge in [0.25, 0.3) is 5.91 Å². The number of thioether (sulfide) groups is 1. The lowest BCUT2D eigenvalue weighted by molar-refractivity contribution is 0.0947. The van der Waals surface area contributed by atoms with Crippen LogP contribution in [0.3, 0.4) is 0 Å². The highest BCUT2D eigenvalue weighted by atomic mass is 32.2. The van der Waals surface area contributed by atoms with Crippen LogP contribution in [0.2, 0.25) is 0 Å². The fourth-order valence-corrected chi connectivity index (χ4v) is 3.07. The Morgan fingerprint density at radius 3 is 2.70 bits per heavy atom. The number of aromatic nitrogens is 2. The first-order chi connectivity index (χ1) is 13.2. The van der Waals surface area contributed by atoms with Gasteiger partial charge in [0.1, 0.15) is 18.1 Å². The molecule has 0 fully saturated rings. The van der Waals surface area contributed by atoms with Crippen molar-refractivity contribution in [3.8, 4) is 17.2 Å². The molecule has 0 aliphatic rings. The van der Waals surface area contributed by atoms with Crippen LogP contribution in [0.25, 0.3) is 5.69 Å². The first-order valence-electron chi connectivity index (χ1n) is 8.44. The van der Waals surface area contributed by atoms with E-state index in [0.717, 1.165) is 16.6 Å². The van der Waals surface area contributed by atoms with Crippen LogP contribution in [0.5, 0.6) is 11.5 Å². The van der Waals surface area contributed by atoms with Crippen LogP contribution in [0, 0.1) is 0 Å². The third-order valence-corrected chi connectivity index (χ3v) is 4.56. The molecular weight excluding hydrogens is 362 g/mol. The SMILES string of the molecule is COc1cccc(OCCNC(=O)c2ccc(-n3ccnc3SC)cc2)c1. The second-order valence-corrected chi connectivity index (χ2v) is 6.39. The molecule has 1 N–H and O–H groups in total. The smallest absolute Gasteiger partial charge is 0.251 e. The van der Waals surface area contributed by atoms with E-state index in [-0.39, 0.29) is 5.91 Å². The summed E-state index contributed by atoms with van der Waals surface area (Å²) in [5, 5.41) is 3.76. The zero-order valence-electron chi connectivity index (χ0n) is 15.2. The first-order valence-corrected chi connectivity index (χ1v) is 9.66. The van der Waals surface area contributed by atoms with Gasteiger partial charge in [-0.05, 0) is 42.7 Å². The van der Waals surface area contributed by atoms with Gasteiger partial charge in [-0.15, -0.1) is 0 Å². The summed E-state index contributed by atoms with van der Waals surface area (Å²) in [6.07, 6.45) is 5.64. The number of nitrogens with one attached hydrogen (secondary N) is 1.